The van der Waals surface area contributed by atoms with Gasteiger partial charge in [0.15, 0.2) is 0 Å². The molecule has 5 rings (SSSR count). The maximum Gasteiger partial charge on any atom is 0.257 e. The summed E-state index contributed by atoms with van der Waals surface area (Å²) in [6.07, 6.45) is 1.97. The van der Waals surface area contributed by atoms with E-state index in [0.29, 0.717) is 42.2 Å². The van der Waals surface area contributed by atoms with E-state index in [1.165, 1.54) is 12.1 Å². The van der Waals surface area contributed by atoms with Crippen molar-refractivity contribution in [3.8, 4) is 5.75 Å². The predicted octanol–water partition coefficient (Wildman–Crippen LogP) is 3.37. The van der Waals surface area contributed by atoms with Crippen LogP contribution in [0, 0.1) is 12.7 Å². The number of aromatic nitrogens is 2. The normalized spacial score (nSPS) is 22.1. The van der Waals surface area contributed by atoms with Crippen molar-refractivity contribution >= 4 is 11.8 Å². The molecule has 2 fully saturated rings. The highest BCUT2D eigenvalue weighted by Gasteiger charge is 2.50. The molecule has 2 amide bonds. The Labute approximate surface area is 196 Å². The Bertz CT molecular complexity index is 1210. The zero-order valence-corrected chi connectivity index (χ0v) is 18.8. The molecule has 1 spiro atoms. The molecule has 3 aromatic rings. The fourth-order valence-corrected chi connectivity index (χ4v) is 5.00. The first-order valence-corrected chi connectivity index (χ1v) is 11.3. The number of piperidine rings is 1. The van der Waals surface area contributed by atoms with Crippen LogP contribution in [0.15, 0.2) is 53.2 Å². The number of carbonyl (C=O) groups excluding carboxylic acids is 2. The number of benzene rings is 2. The van der Waals surface area contributed by atoms with Gasteiger partial charge in [0.1, 0.15) is 29.6 Å². The predicted molar refractivity (Wildman–Crippen MR) is 120 cm³/mol. The number of likely N-dealkylation sites (tertiary alicyclic amines) is 1. The van der Waals surface area contributed by atoms with Crippen LogP contribution < -0.4 is 10.1 Å². The molecule has 9 heteroatoms. The van der Waals surface area contributed by atoms with Gasteiger partial charge in [-0.2, -0.15) is 0 Å². The molecule has 1 aromatic heterocycles. The van der Waals surface area contributed by atoms with Crippen LogP contribution in [0.1, 0.15) is 52.5 Å². The van der Waals surface area contributed by atoms with Gasteiger partial charge in [-0.15, -0.1) is 0 Å². The van der Waals surface area contributed by atoms with Crippen molar-refractivity contribution < 1.29 is 23.3 Å². The first-order chi connectivity index (χ1) is 16.4. The fraction of sp³-hybridized carbons (Fsp3) is 0.360. The van der Waals surface area contributed by atoms with Crippen LogP contribution in [-0.2, 0) is 11.4 Å². The highest BCUT2D eigenvalue weighted by molar-refractivity contribution is 5.97. The largest absolute Gasteiger partial charge is 0.486 e. The second kappa shape index (κ2) is 8.89. The smallest absolute Gasteiger partial charge is 0.257 e. The minimum Gasteiger partial charge on any atom is -0.486 e. The summed E-state index contributed by atoms with van der Waals surface area (Å²) in [4.78, 5) is 27.8. The van der Waals surface area contributed by atoms with E-state index in [1.54, 1.807) is 48.2 Å². The summed E-state index contributed by atoms with van der Waals surface area (Å²) in [6, 6.07) is 13.4. The summed E-state index contributed by atoms with van der Waals surface area (Å²) in [5.41, 5.74) is 1.93. The number of aryl methyl sites for hydroxylation is 1. The lowest BCUT2D eigenvalue weighted by Gasteiger charge is -2.39. The first-order valence-electron chi connectivity index (χ1n) is 11.3. The number of ether oxygens (including phenoxy) is 1. The Morgan fingerprint density at radius 1 is 1.24 bits per heavy atom. The van der Waals surface area contributed by atoms with E-state index in [0.717, 1.165) is 18.4 Å². The number of hydrogen-bond donors (Lipinski definition) is 1. The van der Waals surface area contributed by atoms with Crippen LogP contribution in [0.5, 0.6) is 5.75 Å². The molecule has 0 aliphatic carbocycles. The van der Waals surface area contributed by atoms with Gasteiger partial charge in [0.05, 0.1) is 11.1 Å². The third-order valence-electron chi connectivity index (χ3n) is 6.75. The summed E-state index contributed by atoms with van der Waals surface area (Å²) in [6.45, 7) is 2.67. The molecule has 34 heavy (non-hydrogen) atoms. The molecular formula is C25H25FN4O4. The monoisotopic (exact) mass is 464 g/mol. The summed E-state index contributed by atoms with van der Waals surface area (Å²) < 4.78 is 24.2. The van der Waals surface area contributed by atoms with Gasteiger partial charge in [-0.05, 0) is 49.6 Å². The molecule has 2 atom stereocenters. The van der Waals surface area contributed by atoms with Crippen molar-refractivity contribution in [2.45, 2.75) is 44.2 Å². The molecule has 176 valence electrons. The number of carbonyl (C=O) groups is 2. The van der Waals surface area contributed by atoms with Crippen molar-refractivity contribution in [2.75, 3.05) is 13.1 Å². The van der Waals surface area contributed by atoms with Crippen molar-refractivity contribution in [3.05, 3.63) is 76.9 Å². The van der Waals surface area contributed by atoms with Gasteiger partial charge in [0.2, 0.25) is 5.91 Å². The summed E-state index contributed by atoms with van der Waals surface area (Å²) >= 11 is 0. The second-order valence-electron chi connectivity index (χ2n) is 8.93. The number of amides is 2. The maximum absolute atomic E-state index is 13.7. The number of nitrogens with zero attached hydrogens (tertiary/aromatic N) is 3. The van der Waals surface area contributed by atoms with Gasteiger partial charge in [-0.3, -0.25) is 9.59 Å². The van der Waals surface area contributed by atoms with Gasteiger partial charge in [-0.25, -0.2) is 9.02 Å². The Morgan fingerprint density at radius 2 is 2.03 bits per heavy atom. The molecule has 2 aromatic carbocycles. The molecule has 2 saturated heterocycles. The second-order valence-corrected chi connectivity index (χ2v) is 8.93. The Balaban J connectivity index is 1.42. The van der Waals surface area contributed by atoms with Crippen LogP contribution in [0.4, 0.5) is 4.39 Å². The Kier molecular flexibility index (Phi) is 5.77. The average Bonchev–Trinajstić information content (AvgIpc) is 3.41. The van der Waals surface area contributed by atoms with Crippen LogP contribution >= 0.6 is 0 Å². The van der Waals surface area contributed by atoms with Crippen molar-refractivity contribution in [1.82, 2.24) is 20.5 Å². The van der Waals surface area contributed by atoms with Crippen LogP contribution in [0.3, 0.4) is 0 Å². The van der Waals surface area contributed by atoms with Crippen molar-refractivity contribution in [3.63, 3.8) is 0 Å². The summed E-state index contributed by atoms with van der Waals surface area (Å²) in [7, 11) is 0. The van der Waals surface area contributed by atoms with E-state index in [1.807, 2.05) is 0 Å². The third kappa shape index (κ3) is 4.13. The Morgan fingerprint density at radius 3 is 2.76 bits per heavy atom. The maximum atomic E-state index is 13.7. The molecule has 2 aliphatic rings. The van der Waals surface area contributed by atoms with E-state index in [4.69, 9.17) is 9.37 Å². The lowest BCUT2D eigenvalue weighted by atomic mass is 9.76. The van der Waals surface area contributed by atoms with Gasteiger partial charge in [0, 0.05) is 25.4 Å². The number of nitrogens with one attached hydrogen (secondary N) is 1. The molecule has 0 unspecified atom stereocenters. The quantitative estimate of drug-likeness (QED) is 0.622. The number of para-hydroxylation sites is 1. The van der Waals surface area contributed by atoms with Gasteiger partial charge in [0.25, 0.3) is 5.91 Å². The zero-order valence-electron chi connectivity index (χ0n) is 18.8. The third-order valence-corrected chi connectivity index (χ3v) is 6.75. The van der Waals surface area contributed by atoms with Crippen LogP contribution in [-0.4, -0.2) is 45.7 Å². The number of hydrogen-bond acceptors (Lipinski definition) is 6. The highest BCUT2D eigenvalue weighted by atomic mass is 19.1. The first kappa shape index (κ1) is 22.1. The van der Waals surface area contributed by atoms with Gasteiger partial charge >= 0.3 is 0 Å². The van der Waals surface area contributed by atoms with Crippen LogP contribution in [0.25, 0.3) is 0 Å². The number of rotatable bonds is 5. The van der Waals surface area contributed by atoms with Gasteiger partial charge in [-0.1, -0.05) is 34.6 Å². The standard InChI is InChI=1S/C25H25FN4O4/c1-16-21(29-34-28-16)14-33-22-6-3-2-5-19(22)24(32)30-13-20(17-8-10-18(26)11-9-17)25(15-30)12-4-7-23(31)27-25/h2-3,5-6,8-11,20H,4,7,12-15H2,1H3,(H,27,31)/t20-,25+/m0/s1. The minimum absolute atomic E-state index is 0.0204. The minimum atomic E-state index is -0.581. The number of halogens is 1. The highest BCUT2D eigenvalue weighted by Crippen LogP contribution is 2.42. The molecule has 0 saturated carbocycles. The topological polar surface area (TPSA) is 97.6 Å². The van der Waals surface area contributed by atoms with Crippen molar-refractivity contribution in [2.24, 2.45) is 0 Å². The molecule has 0 bridgehead atoms. The average molecular weight is 464 g/mol. The molecule has 0 radical (unpaired) electrons. The molecule has 2 aliphatic heterocycles. The lowest BCUT2D eigenvalue weighted by Crippen LogP contribution is -2.56. The molecule has 8 nitrogen and oxygen atoms in total. The SMILES string of the molecule is Cc1nonc1COc1ccccc1C(=O)N1C[C@@H](c2ccc(F)cc2)[C@@]2(CCCC(=O)N2)C1. The van der Waals surface area contributed by atoms with E-state index in [9.17, 15) is 14.0 Å². The fourth-order valence-electron chi connectivity index (χ4n) is 5.00. The molecule has 1 N–H and O–H groups in total. The molecular weight excluding hydrogens is 439 g/mol. The summed E-state index contributed by atoms with van der Waals surface area (Å²) in [5.74, 6) is -0.234. The van der Waals surface area contributed by atoms with Crippen molar-refractivity contribution in [1.29, 1.82) is 0 Å². The van der Waals surface area contributed by atoms with Gasteiger partial charge < -0.3 is 15.0 Å². The van der Waals surface area contributed by atoms with E-state index < -0.39 is 5.54 Å². The molecule has 3 heterocycles. The lowest BCUT2D eigenvalue weighted by molar-refractivity contribution is -0.125. The van der Waals surface area contributed by atoms with Crippen LogP contribution in [0.2, 0.25) is 0 Å². The van der Waals surface area contributed by atoms with E-state index in [-0.39, 0.29) is 30.2 Å². The summed E-state index contributed by atoms with van der Waals surface area (Å²) in [5, 5.41) is 10.7. The van der Waals surface area contributed by atoms with E-state index >= 15 is 0 Å². The van der Waals surface area contributed by atoms with E-state index in [2.05, 4.69) is 15.6 Å². The Hall–Kier alpha value is -3.75. The zero-order chi connectivity index (χ0) is 23.7.